The van der Waals surface area contributed by atoms with E-state index in [9.17, 15) is 18.0 Å². The van der Waals surface area contributed by atoms with Crippen molar-refractivity contribution in [3.05, 3.63) is 70.9 Å². The Balaban J connectivity index is 2.01. The highest BCUT2D eigenvalue weighted by Gasteiger charge is 2.33. The standard InChI is InChI=1S/C16H12ClF3N2O/c17-12-5-3-4-11(10-12)8-9-21-15(23)22-14-7-2-1-6-13(14)16(18,19)20/h1-10H,(H2,21,22,23)/b9-8+. The lowest BCUT2D eigenvalue weighted by molar-refractivity contribution is -0.136. The fraction of sp³-hybridized carbons (Fsp3) is 0.0625. The smallest absolute Gasteiger partial charge is 0.314 e. The molecule has 0 saturated heterocycles. The van der Waals surface area contributed by atoms with E-state index in [0.717, 1.165) is 11.6 Å². The lowest BCUT2D eigenvalue weighted by atomic mass is 10.1. The van der Waals surface area contributed by atoms with Crippen LogP contribution in [0.25, 0.3) is 6.08 Å². The topological polar surface area (TPSA) is 41.1 Å². The van der Waals surface area contributed by atoms with Gasteiger partial charge in [-0.3, -0.25) is 0 Å². The zero-order valence-electron chi connectivity index (χ0n) is 11.7. The van der Waals surface area contributed by atoms with E-state index in [1.807, 2.05) is 0 Å². The van der Waals surface area contributed by atoms with Crippen LogP contribution < -0.4 is 10.6 Å². The zero-order valence-corrected chi connectivity index (χ0v) is 12.4. The van der Waals surface area contributed by atoms with E-state index >= 15 is 0 Å². The van der Waals surface area contributed by atoms with Crippen molar-refractivity contribution in [2.75, 3.05) is 5.32 Å². The van der Waals surface area contributed by atoms with Gasteiger partial charge < -0.3 is 10.6 Å². The van der Waals surface area contributed by atoms with E-state index in [0.29, 0.717) is 5.02 Å². The van der Waals surface area contributed by atoms with Gasteiger partial charge in [0.15, 0.2) is 0 Å². The Bertz CT molecular complexity index is 729. The number of alkyl halides is 3. The Morgan fingerprint density at radius 3 is 2.52 bits per heavy atom. The van der Waals surface area contributed by atoms with Gasteiger partial charge in [0, 0.05) is 11.2 Å². The lowest BCUT2D eigenvalue weighted by Gasteiger charge is -2.13. The summed E-state index contributed by atoms with van der Waals surface area (Å²) < 4.78 is 38.4. The van der Waals surface area contributed by atoms with Crippen LogP contribution in [-0.2, 0) is 6.18 Å². The van der Waals surface area contributed by atoms with Gasteiger partial charge in [-0.1, -0.05) is 35.9 Å². The first-order valence-electron chi connectivity index (χ1n) is 6.52. The zero-order chi connectivity index (χ0) is 16.9. The summed E-state index contributed by atoms with van der Waals surface area (Å²) in [5, 5.41) is 5.04. The number of halogens is 4. The number of anilines is 1. The second-order valence-corrected chi connectivity index (χ2v) is 4.97. The van der Waals surface area contributed by atoms with Crippen molar-refractivity contribution in [2.45, 2.75) is 6.18 Å². The van der Waals surface area contributed by atoms with Crippen molar-refractivity contribution in [1.29, 1.82) is 0 Å². The molecule has 0 saturated carbocycles. The van der Waals surface area contributed by atoms with E-state index in [4.69, 9.17) is 11.6 Å². The molecule has 0 bridgehead atoms. The molecule has 0 fully saturated rings. The number of urea groups is 1. The first-order chi connectivity index (χ1) is 10.9. The van der Waals surface area contributed by atoms with Gasteiger partial charge >= 0.3 is 12.2 Å². The molecular weight excluding hydrogens is 329 g/mol. The van der Waals surface area contributed by atoms with Gasteiger partial charge in [-0.05, 0) is 35.9 Å². The first-order valence-corrected chi connectivity index (χ1v) is 6.90. The van der Waals surface area contributed by atoms with Gasteiger partial charge in [-0.25, -0.2) is 4.79 Å². The SMILES string of the molecule is O=C(N/C=C/c1cccc(Cl)c1)Nc1ccccc1C(F)(F)F. The number of nitrogens with one attached hydrogen (secondary N) is 2. The molecule has 3 nitrogen and oxygen atoms in total. The summed E-state index contributed by atoms with van der Waals surface area (Å²) in [6.45, 7) is 0. The number of benzene rings is 2. The summed E-state index contributed by atoms with van der Waals surface area (Å²) in [6, 6.07) is 10.9. The molecule has 0 radical (unpaired) electrons. The van der Waals surface area contributed by atoms with Crippen LogP contribution in [0.5, 0.6) is 0 Å². The largest absolute Gasteiger partial charge is 0.418 e. The third-order valence-corrected chi connectivity index (χ3v) is 3.05. The number of hydrogen-bond acceptors (Lipinski definition) is 1. The monoisotopic (exact) mass is 340 g/mol. The number of carbonyl (C=O) groups is 1. The summed E-state index contributed by atoms with van der Waals surface area (Å²) in [5.74, 6) is 0. The molecule has 0 atom stereocenters. The predicted molar refractivity (Wildman–Crippen MR) is 84.1 cm³/mol. The molecule has 2 aromatic carbocycles. The fourth-order valence-electron chi connectivity index (χ4n) is 1.82. The fourth-order valence-corrected chi connectivity index (χ4v) is 2.02. The van der Waals surface area contributed by atoms with Crippen LogP contribution in [0.3, 0.4) is 0 Å². The lowest BCUT2D eigenvalue weighted by Crippen LogP contribution is -2.25. The number of rotatable bonds is 3. The minimum absolute atomic E-state index is 0.311. The molecule has 120 valence electrons. The molecule has 0 aliphatic heterocycles. The summed E-state index contributed by atoms with van der Waals surface area (Å²) in [5.41, 5.74) is -0.476. The van der Waals surface area contributed by atoms with Crippen LogP contribution in [0.4, 0.5) is 23.7 Å². The Labute approximate surface area is 135 Å². The summed E-state index contributed by atoms with van der Waals surface area (Å²) >= 11 is 5.81. The molecule has 2 N–H and O–H groups in total. The maximum absolute atomic E-state index is 12.8. The normalized spacial score (nSPS) is 11.5. The van der Waals surface area contributed by atoms with Crippen LogP contribution in [-0.4, -0.2) is 6.03 Å². The highest BCUT2D eigenvalue weighted by molar-refractivity contribution is 6.30. The summed E-state index contributed by atoms with van der Waals surface area (Å²) in [7, 11) is 0. The molecule has 0 unspecified atom stereocenters. The van der Waals surface area contributed by atoms with E-state index in [-0.39, 0.29) is 5.69 Å². The maximum Gasteiger partial charge on any atom is 0.418 e. The Morgan fingerprint density at radius 2 is 1.83 bits per heavy atom. The van der Waals surface area contributed by atoms with Gasteiger partial charge in [0.25, 0.3) is 0 Å². The van der Waals surface area contributed by atoms with Crippen molar-refractivity contribution in [2.24, 2.45) is 0 Å². The number of amides is 2. The molecule has 23 heavy (non-hydrogen) atoms. The molecule has 0 aromatic heterocycles. The van der Waals surface area contributed by atoms with Crippen molar-refractivity contribution >= 4 is 29.4 Å². The highest BCUT2D eigenvalue weighted by atomic mass is 35.5. The number of hydrogen-bond donors (Lipinski definition) is 2. The van der Waals surface area contributed by atoms with Gasteiger partial charge in [0.1, 0.15) is 0 Å². The second kappa shape index (κ2) is 7.19. The molecule has 2 rings (SSSR count). The van der Waals surface area contributed by atoms with E-state index in [2.05, 4.69) is 10.6 Å². The van der Waals surface area contributed by atoms with Crippen LogP contribution in [0.2, 0.25) is 5.02 Å². The third-order valence-electron chi connectivity index (χ3n) is 2.82. The number of carbonyl (C=O) groups excluding carboxylic acids is 1. The molecule has 2 amide bonds. The van der Waals surface area contributed by atoms with Crippen molar-refractivity contribution < 1.29 is 18.0 Å². The maximum atomic E-state index is 12.8. The highest BCUT2D eigenvalue weighted by Crippen LogP contribution is 2.34. The molecule has 0 spiro atoms. The second-order valence-electron chi connectivity index (χ2n) is 4.53. The van der Waals surface area contributed by atoms with E-state index in [1.54, 1.807) is 30.3 Å². The molecule has 7 heteroatoms. The molecular formula is C16H12ClF3N2O. The van der Waals surface area contributed by atoms with Gasteiger partial charge in [0.05, 0.1) is 11.3 Å². The predicted octanol–water partition coefficient (Wildman–Crippen LogP) is 5.15. The van der Waals surface area contributed by atoms with E-state index in [1.165, 1.54) is 24.4 Å². The van der Waals surface area contributed by atoms with Crippen molar-refractivity contribution in [3.8, 4) is 0 Å². The third kappa shape index (κ3) is 5.03. The molecule has 0 aliphatic rings. The molecule has 0 heterocycles. The average molecular weight is 341 g/mol. The first kappa shape index (κ1) is 16.9. The minimum atomic E-state index is -4.54. The van der Waals surface area contributed by atoms with Crippen molar-refractivity contribution in [1.82, 2.24) is 5.32 Å². The van der Waals surface area contributed by atoms with Gasteiger partial charge in [-0.2, -0.15) is 13.2 Å². The average Bonchev–Trinajstić information content (AvgIpc) is 2.47. The van der Waals surface area contributed by atoms with Crippen molar-refractivity contribution in [3.63, 3.8) is 0 Å². The summed E-state index contributed by atoms with van der Waals surface area (Å²) in [4.78, 5) is 11.7. The summed E-state index contributed by atoms with van der Waals surface area (Å²) in [6.07, 6.45) is -1.65. The number of para-hydroxylation sites is 1. The van der Waals surface area contributed by atoms with E-state index < -0.39 is 17.8 Å². The van der Waals surface area contributed by atoms with Crippen LogP contribution in [0.1, 0.15) is 11.1 Å². The Kier molecular flexibility index (Phi) is 5.28. The molecule has 0 aliphatic carbocycles. The Hall–Kier alpha value is -2.47. The Morgan fingerprint density at radius 1 is 1.09 bits per heavy atom. The van der Waals surface area contributed by atoms with Gasteiger partial charge in [0.2, 0.25) is 0 Å². The minimum Gasteiger partial charge on any atom is -0.314 e. The molecule has 2 aromatic rings. The quantitative estimate of drug-likeness (QED) is 0.797. The van der Waals surface area contributed by atoms with Gasteiger partial charge in [-0.15, -0.1) is 0 Å². The van der Waals surface area contributed by atoms with Crippen LogP contribution in [0.15, 0.2) is 54.7 Å². The van der Waals surface area contributed by atoms with Crippen LogP contribution >= 0.6 is 11.6 Å². The van der Waals surface area contributed by atoms with Crippen LogP contribution in [0, 0.1) is 0 Å².